The van der Waals surface area contributed by atoms with Crippen LogP contribution in [0.5, 0.6) is 11.5 Å². The number of Topliss-reactive ketones (excluding diaryl/α,β-unsaturated/α-hetero) is 1. The number of ether oxygens (including phenoxy) is 2. The zero-order chi connectivity index (χ0) is 20.8. The molecule has 0 aliphatic heterocycles. The molecule has 0 heterocycles. The highest BCUT2D eigenvalue weighted by atomic mass is 35.5. The number of amides is 1. The molecule has 2 aromatic carbocycles. The zero-order valence-electron chi connectivity index (χ0n) is 15.8. The molecule has 1 unspecified atom stereocenters. The van der Waals surface area contributed by atoms with Crippen LogP contribution in [0.25, 0.3) is 0 Å². The molecule has 0 aromatic heterocycles. The average molecular weight is 424 g/mol. The maximum atomic E-state index is 12.8. The van der Waals surface area contributed by atoms with Crippen LogP contribution in [0.2, 0.25) is 5.02 Å². The quantitative estimate of drug-likeness (QED) is 0.360. The standard InChI is InChI=1S/C19H19Cl2N3O4/c1-11-6-5-7-16(17(11)20)22-23-18(12(2)25)19(26)24(21)13-8-14(27-3)10-15(9-13)28-4/h5-10,18H,1-4H3. The molecule has 0 aliphatic rings. The van der Waals surface area contributed by atoms with Gasteiger partial charge >= 0.3 is 0 Å². The van der Waals surface area contributed by atoms with Gasteiger partial charge in [0, 0.05) is 30.0 Å². The predicted molar refractivity (Wildman–Crippen MR) is 108 cm³/mol. The second-order valence-electron chi connectivity index (χ2n) is 5.83. The summed E-state index contributed by atoms with van der Waals surface area (Å²) in [6.45, 7) is 3.04. The summed E-state index contributed by atoms with van der Waals surface area (Å²) in [5, 5.41) is 8.24. The fourth-order valence-corrected chi connectivity index (χ4v) is 2.63. The Hall–Kier alpha value is -2.64. The summed E-state index contributed by atoms with van der Waals surface area (Å²) in [4.78, 5) is 24.8. The minimum absolute atomic E-state index is 0.262. The SMILES string of the molecule is COc1cc(OC)cc(N(Cl)C(=O)C(N=Nc2cccc(C)c2Cl)C(C)=O)c1. The Kier molecular flexibility index (Phi) is 7.37. The molecule has 0 aliphatic carbocycles. The molecule has 2 rings (SSSR count). The van der Waals surface area contributed by atoms with E-state index in [1.54, 1.807) is 18.2 Å². The molecule has 1 amide bonds. The fourth-order valence-electron chi connectivity index (χ4n) is 2.27. The van der Waals surface area contributed by atoms with Crippen LogP contribution in [-0.2, 0) is 9.59 Å². The highest BCUT2D eigenvalue weighted by Crippen LogP contribution is 2.31. The Labute approximate surface area is 173 Å². The Morgan fingerprint density at radius 1 is 1.11 bits per heavy atom. The number of nitrogens with zero attached hydrogens (tertiary/aromatic N) is 3. The minimum Gasteiger partial charge on any atom is -0.497 e. The van der Waals surface area contributed by atoms with E-state index in [1.807, 2.05) is 13.0 Å². The lowest BCUT2D eigenvalue weighted by Gasteiger charge is -2.18. The molecule has 0 radical (unpaired) electrons. The van der Waals surface area contributed by atoms with E-state index in [-0.39, 0.29) is 5.69 Å². The number of ketones is 1. The second-order valence-corrected chi connectivity index (χ2v) is 6.54. The topological polar surface area (TPSA) is 80.6 Å². The predicted octanol–water partition coefficient (Wildman–Crippen LogP) is 4.89. The molecule has 0 N–H and O–H groups in total. The summed E-state index contributed by atoms with van der Waals surface area (Å²) >= 11 is 12.4. The summed E-state index contributed by atoms with van der Waals surface area (Å²) in [5.74, 6) is -0.421. The minimum atomic E-state index is -1.42. The average Bonchev–Trinajstić information content (AvgIpc) is 2.69. The van der Waals surface area contributed by atoms with Gasteiger partial charge in [0.2, 0.25) is 6.04 Å². The first kappa shape index (κ1) is 21.7. The third kappa shape index (κ3) is 4.99. The number of rotatable bonds is 7. The van der Waals surface area contributed by atoms with Crippen molar-refractivity contribution in [3.05, 3.63) is 47.0 Å². The van der Waals surface area contributed by atoms with Crippen molar-refractivity contribution in [3.63, 3.8) is 0 Å². The number of hydrogen-bond donors (Lipinski definition) is 0. The van der Waals surface area contributed by atoms with Crippen molar-refractivity contribution >= 4 is 46.4 Å². The molecule has 0 spiro atoms. The number of azo groups is 1. The van der Waals surface area contributed by atoms with Crippen LogP contribution >= 0.6 is 23.4 Å². The van der Waals surface area contributed by atoms with Gasteiger partial charge in [0.15, 0.2) is 5.78 Å². The molecule has 9 heteroatoms. The number of anilines is 1. The van der Waals surface area contributed by atoms with Gasteiger partial charge in [-0.2, -0.15) is 10.2 Å². The van der Waals surface area contributed by atoms with Gasteiger partial charge in [0.25, 0.3) is 5.91 Å². The molecule has 0 bridgehead atoms. The van der Waals surface area contributed by atoms with Crippen molar-refractivity contribution in [2.45, 2.75) is 19.9 Å². The number of carbonyl (C=O) groups excluding carboxylic acids is 2. The Balaban J connectivity index is 2.33. The van der Waals surface area contributed by atoms with Gasteiger partial charge < -0.3 is 9.47 Å². The first-order valence-electron chi connectivity index (χ1n) is 8.17. The lowest BCUT2D eigenvalue weighted by Crippen LogP contribution is -2.36. The molecule has 1 atom stereocenters. The van der Waals surface area contributed by atoms with E-state index in [0.29, 0.717) is 22.2 Å². The van der Waals surface area contributed by atoms with Crippen molar-refractivity contribution in [1.29, 1.82) is 0 Å². The fraction of sp³-hybridized carbons (Fsp3) is 0.263. The van der Waals surface area contributed by atoms with Crippen LogP contribution in [0.15, 0.2) is 46.6 Å². The van der Waals surface area contributed by atoms with Crippen LogP contribution in [0.3, 0.4) is 0 Å². The van der Waals surface area contributed by atoms with Crippen molar-refractivity contribution in [1.82, 2.24) is 0 Å². The third-order valence-corrected chi connectivity index (χ3v) is 4.68. The van der Waals surface area contributed by atoms with E-state index in [1.165, 1.54) is 33.3 Å². The zero-order valence-corrected chi connectivity index (χ0v) is 17.3. The van der Waals surface area contributed by atoms with Crippen LogP contribution in [0, 0.1) is 6.92 Å². The summed E-state index contributed by atoms with van der Waals surface area (Å²) in [7, 11) is 2.94. The summed E-state index contributed by atoms with van der Waals surface area (Å²) in [6, 6.07) is 8.44. The molecule has 2 aromatic rings. The molecule has 7 nitrogen and oxygen atoms in total. The van der Waals surface area contributed by atoms with Crippen molar-refractivity contribution in [2.75, 3.05) is 18.6 Å². The van der Waals surface area contributed by atoms with Gasteiger partial charge in [-0.1, -0.05) is 23.7 Å². The van der Waals surface area contributed by atoms with Gasteiger partial charge in [-0.15, -0.1) is 0 Å². The van der Waals surface area contributed by atoms with Gasteiger partial charge in [-0.05, 0) is 25.5 Å². The first-order valence-corrected chi connectivity index (χ1v) is 8.89. The highest BCUT2D eigenvalue weighted by molar-refractivity contribution is 6.39. The largest absolute Gasteiger partial charge is 0.497 e. The summed E-state index contributed by atoms with van der Waals surface area (Å²) in [6.07, 6.45) is 0. The summed E-state index contributed by atoms with van der Waals surface area (Å²) < 4.78 is 11.1. The van der Waals surface area contributed by atoms with Crippen LogP contribution in [0.4, 0.5) is 11.4 Å². The number of aryl methyl sites for hydroxylation is 1. The Morgan fingerprint density at radius 2 is 1.71 bits per heavy atom. The molecule has 148 valence electrons. The van der Waals surface area contributed by atoms with E-state index in [9.17, 15) is 9.59 Å². The molecule has 0 saturated carbocycles. The Morgan fingerprint density at radius 3 is 2.25 bits per heavy atom. The van der Waals surface area contributed by atoms with E-state index in [4.69, 9.17) is 32.9 Å². The van der Waals surface area contributed by atoms with Crippen LogP contribution in [0.1, 0.15) is 12.5 Å². The lowest BCUT2D eigenvalue weighted by atomic mass is 10.2. The maximum absolute atomic E-state index is 12.8. The van der Waals surface area contributed by atoms with Crippen molar-refractivity contribution < 1.29 is 19.1 Å². The first-order chi connectivity index (χ1) is 13.3. The molecule has 0 saturated heterocycles. The van der Waals surface area contributed by atoms with Crippen LogP contribution < -0.4 is 13.9 Å². The third-order valence-electron chi connectivity index (χ3n) is 3.83. The van der Waals surface area contributed by atoms with E-state index in [2.05, 4.69) is 10.2 Å². The second kappa shape index (κ2) is 9.52. The number of carbonyl (C=O) groups is 2. The molecule has 0 fully saturated rings. The van der Waals surface area contributed by atoms with Gasteiger partial charge in [-0.3, -0.25) is 9.59 Å². The maximum Gasteiger partial charge on any atom is 0.276 e. The number of methoxy groups -OCH3 is 2. The number of halogens is 2. The molecular formula is C19H19Cl2N3O4. The smallest absolute Gasteiger partial charge is 0.276 e. The van der Waals surface area contributed by atoms with E-state index >= 15 is 0 Å². The Bertz CT molecular complexity index is 896. The number of hydrogen-bond acceptors (Lipinski definition) is 6. The molecule has 28 heavy (non-hydrogen) atoms. The normalized spacial score (nSPS) is 11.9. The monoisotopic (exact) mass is 423 g/mol. The van der Waals surface area contributed by atoms with Crippen molar-refractivity contribution in [2.24, 2.45) is 10.2 Å². The summed E-state index contributed by atoms with van der Waals surface area (Å²) in [5.41, 5.74) is 1.41. The van der Waals surface area contributed by atoms with Gasteiger partial charge in [0.1, 0.15) is 17.2 Å². The van der Waals surface area contributed by atoms with Gasteiger partial charge in [0.05, 0.1) is 24.9 Å². The van der Waals surface area contributed by atoms with E-state index < -0.39 is 17.7 Å². The lowest BCUT2D eigenvalue weighted by molar-refractivity contribution is -0.126. The highest BCUT2D eigenvalue weighted by Gasteiger charge is 2.29. The molecular weight excluding hydrogens is 405 g/mol. The van der Waals surface area contributed by atoms with E-state index in [0.717, 1.165) is 9.98 Å². The van der Waals surface area contributed by atoms with Crippen molar-refractivity contribution in [3.8, 4) is 11.5 Å². The number of benzene rings is 2. The van der Waals surface area contributed by atoms with Crippen LogP contribution in [-0.4, -0.2) is 32.0 Å². The van der Waals surface area contributed by atoms with Gasteiger partial charge in [-0.25, -0.2) is 4.42 Å².